The molecule has 0 saturated heterocycles. The van der Waals surface area contributed by atoms with E-state index in [4.69, 9.17) is 20.5 Å². The molecule has 328 valence electrons. The molecule has 0 aliphatic rings. The van der Waals surface area contributed by atoms with Crippen molar-refractivity contribution < 1.29 is 51.6 Å². The molecule has 0 spiro atoms. The summed E-state index contributed by atoms with van der Waals surface area (Å²) in [6.45, 7) is 2.86. The number of nitriles is 2. The zero-order valence-electron chi connectivity index (χ0n) is 34.4. The van der Waals surface area contributed by atoms with Crippen molar-refractivity contribution in [3.63, 3.8) is 0 Å². The van der Waals surface area contributed by atoms with Gasteiger partial charge in [0.1, 0.15) is 24.4 Å². The van der Waals surface area contributed by atoms with Crippen LogP contribution in [0, 0.1) is 22.7 Å². The first kappa shape index (κ1) is 55.6. The molecule has 6 aromatic carbocycles. The van der Waals surface area contributed by atoms with Crippen LogP contribution in [0.5, 0.6) is 0 Å². The first-order valence-electron chi connectivity index (χ1n) is 19.1. The van der Waals surface area contributed by atoms with Crippen LogP contribution in [0.25, 0.3) is 0 Å². The van der Waals surface area contributed by atoms with Crippen LogP contribution in [0.2, 0.25) is 0 Å². The van der Waals surface area contributed by atoms with Gasteiger partial charge in [-0.3, -0.25) is 9.98 Å². The van der Waals surface area contributed by atoms with Crippen LogP contribution in [-0.4, -0.2) is 39.3 Å². The molecule has 4 nitrogen and oxygen atoms in total. The van der Waals surface area contributed by atoms with Gasteiger partial charge >= 0.3 is 31.6 Å². The van der Waals surface area contributed by atoms with Crippen LogP contribution in [0.4, 0.5) is 34.5 Å². The molecule has 0 aliphatic heterocycles. The molecule has 0 fully saturated rings. The van der Waals surface area contributed by atoms with Crippen molar-refractivity contribution >= 4 is 64.0 Å². The molecule has 0 radical (unpaired) electrons. The van der Waals surface area contributed by atoms with Crippen molar-refractivity contribution in [3.05, 3.63) is 193 Å². The number of nitrogens with zero attached hydrogens (tertiary/aromatic N) is 4. The molecule has 0 amide bonds. The van der Waals surface area contributed by atoms with Crippen LogP contribution in [0.1, 0.15) is 37.1 Å². The maximum atomic E-state index is 9.75. The van der Waals surface area contributed by atoms with E-state index in [1.165, 1.54) is 46.2 Å². The Morgan fingerprint density at radius 3 is 0.794 bits per heavy atom. The number of hydrogen-bond acceptors (Lipinski definition) is 4. The van der Waals surface area contributed by atoms with Crippen molar-refractivity contribution in [2.45, 2.75) is 25.9 Å². The number of aliphatic imine (C=N–C) groups is 2. The third-order valence-corrected chi connectivity index (χ3v) is 13.5. The van der Waals surface area contributed by atoms with Gasteiger partial charge in [-0.1, -0.05) is 133 Å². The Balaban J connectivity index is 0.00000101. The fraction of sp³-hybridized carbons (Fsp3) is 0.130. The molecule has 2 atom stereocenters. The zero-order chi connectivity index (χ0) is 45.6. The maximum Gasteiger partial charge on any atom is 2.00 e. The standard InChI is InChI=1S/C42H38N2P2.2C2H3N.2BF4.Fe/c1-7-19-35(20-8-1)41(43-31-33-45(37-23-11-3-12-24-37)38-25-13-4-14-26-38)42(36-21-9-2-10-22-36)44-32-34-46(39-27-15-5-16-28-39)40-29-17-6-18-30-40;2*1-2-3;2*2-1(3,4)5;/h1-32,41-42H,33-34H2;2*1H3;;;/q;;;2*-1;+2/p+2/t41-,42-;;;;;/m1...../s1. The van der Waals surface area contributed by atoms with E-state index >= 15 is 0 Å². The zero-order valence-corrected chi connectivity index (χ0v) is 37.5. The maximum absolute atomic E-state index is 9.75. The summed E-state index contributed by atoms with van der Waals surface area (Å²) in [5.74, 6) is 0. The van der Waals surface area contributed by atoms with Crippen molar-refractivity contribution in [1.82, 2.24) is 0 Å². The third-order valence-electron chi connectivity index (χ3n) is 8.19. The van der Waals surface area contributed by atoms with Crippen LogP contribution in [0.15, 0.2) is 192 Å². The summed E-state index contributed by atoms with van der Waals surface area (Å²) in [6, 6.07) is 68.2. The SMILES string of the molecule is C(C[PH+](c1ccccc1)c1ccccc1)=N[C@H](c1ccccc1)[C@H](N=CC[PH+](c1ccccc1)c1ccccc1)c1ccccc1.CC#N.CC#N.F[B-](F)(F)F.F[B-](F)(F)F.[Fe+2]. The van der Waals surface area contributed by atoms with E-state index in [1.807, 2.05) is 0 Å². The number of halogens is 8. The van der Waals surface area contributed by atoms with E-state index < -0.39 is 30.4 Å². The first-order valence-corrected chi connectivity index (χ1v) is 22.5. The Hall–Kier alpha value is -5.41. The summed E-state index contributed by atoms with van der Waals surface area (Å²) < 4.78 is 78.0. The second kappa shape index (κ2) is 31.4. The molecule has 0 aromatic heterocycles. The molecule has 0 bridgehead atoms. The summed E-state index contributed by atoms with van der Waals surface area (Å²) in [7, 11) is -14.1. The third kappa shape index (κ3) is 24.7. The van der Waals surface area contributed by atoms with Crippen molar-refractivity contribution in [3.8, 4) is 12.1 Å². The van der Waals surface area contributed by atoms with E-state index in [1.54, 1.807) is 12.1 Å². The molecule has 6 rings (SSSR count). The van der Waals surface area contributed by atoms with E-state index in [2.05, 4.69) is 194 Å². The van der Waals surface area contributed by atoms with Gasteiger partial charge in [-0.25, -0.2) is 0 Å². The van der Waals surface area contributed by atoms with Gasteiger partial charge in [-0.2, -0.15) is 10.5 Å². The van der Waals surface area contributed by atoms with Crippen LogP contribution in [0.3, 0.4) is 0 Å². The second-order valence-corrected chi connectivity index (χ2v) is 17.7. The smallest absolute Gasteiger partial charge is 0.418 e. The summed E-state index contributed by atoms with van der Waals surface area (Å²) in [6.07, 6.45) is 6.17. The molecule has 6 aromatic rings. The van der Waals surface area contributed by atoms with Crippen molar-refractivity contribution in [1.29, 1.82) is 10.5 Å². The van der Waals surface area contributed by atoms with Gasteiger partial charge < -0.3 is 34.5 Å². The minimum atomic E-state index is -6.00. The van der Waals surface area contributed by atoms with Gasteiger partial charge in [0.25, 0.3) is 0 Å². The Labute approximate surface area is 378 Å². The van der Waals surface area contributed by atoms with Crippen molar-refractivity contribution in [2.24, 2.45) is 9.98 Å². The number of rotatable bonds is 13. The molecule has 63 heavy (non-hydrogen) atoms. The molecule has 0 saturated carbocycles. The average Bonchev–Trinajstić information content (AvgIpc) is 3.25. The van der Waals surface area contributed by atoms with Gasteiger partial charge in [0, 0.05) is 26.3 Å². The van der Waals surface area contributed by atoms with Crippen LogP contribution >= 0.6 is 15.8 Å². The fourth-order valence-corrected chi connectivity index (χ4v) is 10.4. The second-order valence-electron chi connectivity index (χ2n) is 12.6. The first-order chi connectivity index (χ1) is 29.7. The minimum absolute atomic E-state index is 0. The Morgan fingerprint density at radius 2 is 0.603 bits per heavy atom. The Morgan fingerprint density at radius 1 is 0.429 bits per heavy atom. The van der Waals surface area contributed by atoms with Gasteiger partial charge in [0.2, 0.25) is 0 Å². The molecule has 0 aliphatic carbocycles. The normalized spacial score (nSPS) is 11.7. The molecular weight excluding hydrogens is 900 g/mol. The summed E-state index contributed by atoms with van der Waals surface area (Å²) in [5, 5.41) is 20.2. The molecule has 0 heterocycles. The topological polar surface area (TPSA) is 72.3 Å². The largest absolute Gasteiger partial charge is 2.00 e. The van der Waals surface area contributed by atoms with E-state index in [9.17, 15) is 34.5 Å². The Kier molecular flexibility index (Phi) is 27.7. The van der Waals surface area contributed by atoms with Crippen LogP contribution < -0.4 is 21.2 Å². The minimum Gasteiger partial charge on any atom is -0.418 e. The number of hydrogen-bond donors (Lipinski definition) is 0. The van der Waals surface area contributed by atoms with E-state index in [0.717, 1.165) is 12.3 Å². The predicted molar refractivity (Wildman–Crippen MR) is 249 cm³/mol. The van der Waals surface area contributed by atoms with E-state index in [-0.39, 0.29) is 29.2 Å². The van der Waals surface area contributed by atoms with Crippen molar-refractivity contribution in [2.75, 3.05) is 12.3 Å². The fourth-order valence-electron chi connectivity index (χ4n) is 5.88. The van der Waals surface area contributed by atoms with E-state index in [0.29, 0.717) is 0 Å². The quantitative estimate of drug-likeness (QED) is 0.0501. The van der Waals surface area contributed by atoms with Crippen LogP contribution in [-0.2, 0) is 17.1 Å². The Bertz CT molecular complexity index is 1970. The molecule has 0 N–H and O–H groups in total. The van der Waals surface area contributed by atoms with Gasteiger partial charge in [-0.15, -0.1) is 0 Å². The summed E-state index contributed by atoms with van der Waals surface area (Å²) >= 11 is 0. The molecular formula is C46H46B2F8FeN4P2+2. The summed E-state index contributed by atoms with van der Waals surface area (Å²) in [5.41, 5.74) is 2.35. The van der Waals surface area contributed by atoms with Gasteiger partial charge in [0.05, 0.1) is 49.2 Å². The van der Waals surface area contributed by atoms with Gasteiger partial charge in [-0.05, 0) is 59.7 Å². The predicted octanol–water partition coefficient (Wildman–Crippen LogP) is 12.0. The molecule has 17 heteroatoms. The number of benzene rings is 6. The summed E-state index contributed by atoms with van der Waals surface area (Å²) in [4.78, 5) is 10.7. The monoisotopic (exact) mass is 946 g/mol. The molecule has 0 unspecified atom stereocenters. The average molecular weight is 946 g/mol. The van der Waals surface area contributed by atoms with Gasteiger partial charge in [0.15, 0.2) is 0 Å².